The Labute approximate surface area is 172 Å². The number of rotatable bonds is 8. The highest BCUT2D eigenvalue weighted by atomic mass is 35.5. The Balaban J connectivity index is 1.33. The van der Waals surface area contributed by atoms with Crippen molar-refractivity contribution in [1.29, 1.82) is 0 Å². The zero-order valence-electron chi connectivity index (χ0n) is 16.8. The second-order valence-corrected chi connectivity index (χ2v) is 8.55. The predicted octanol–water partition coefficient (Wildman–Crippen LogP) is 1.91. The molecule has 156 valence electrons. The molecule has 0 unspecified atom stereocenters. The lowest BCUT2D eigenvalue weighted by Gasteiger charge is -2.30. The monoisotopic (exact) mass is 409 g/mol. The lowest BCUT2D eigenvalue weighted by atomic mass is 10.1. The number of aryl methyl sites for hydroxylation is 1. The van der Waals surface area contributed by atoms with Crippen molar-refractivity contribution in [2.24, 2.45) is 0 Å². The average molecular weight is 410 g/mol. The van der Waals surface area contributed by atoms with Crippen LogP contribution < -0.4 is 0 Å². The molecule has 8 heteroatoms. The number of H-pyrrole nitrogens is 1. The van der Waals surface area contributed by atoms with E-state index in [9.17, 15) is 4.79 Å². The summed E-state index contributed by atoms with van der Waals surface area (Å²) in [6.45, 7) is 9.28. The van der Waals surface area contributed by atoms with Crippen molar-refractivity contribution in [3.05, 3.63) is 16.7 Å². The molecule has 28 heavy (non-hydrogen) atoms. The Bertz CT molecular complexity index is 676. The summed E-state index contributed by atoms with van der Waals surface area (Å²) in [6.07, 6.45) is 4.88. The Hall–Kier alpha value is -1.15. The smallest absolute Gasteiger partial charge is 0.224 e. The van der Waals surface area contributed by atoms with Crippen LogP contribution in [-0.4, -0.2) is 88.6 Å². The van der Waals surface area contributed by atoms with E-state index < -0.39 is 0 Å². The molecule has 0 bridgehead atoms. The van der Waals surface area contributed by atoms with Crippen LogP contribution in [0.25, 0.3) is 0 Å². The second kappa shape index (κ2) is 9.11. The molecule has 0 radical (unpaired) electrons. The van der Waals surface area contributed by atoms with Crippen molar-refractivity contribution in [2.45, 2.75) is 57.7 Å². The lowest BCUT2D eigenvalue weighted by molar-refractivity contribution is -0.129. The van der Waals surface area contributed by atoms with Gasteiger partial charge in [0.1, 0.15) is 5.82 Å². The molecule has 2 atom stereocenters. The van der Waals surface area contributed by atoms with Crippen molar-refractivity contribution >= 4 is 17.5 Å². The van der Waals surface area contributed by atoms with Crippen LogP contribution in [-0.2, 0) is 22.5 Å². The Morgan fingerprint density at radius 1 is 1.21 bits per heavy atom. The van der Waals surface area contributed by atoms with Crippen LogP contribution >= 0.6 is 11.6 Å². The number of halogens is 1. The van der Waals surface area contributed by atoms with Crippen LogP contribution in [0.5, 0.6) is 0 Å². The first-order valence-electron chi connectivity index (χ1n) is 10.7. The van der Waals surface area contributed by atoms with Crippen molar-refractivity contribution in [3.8, 4) is 0 Å². The summed E-state index contributed by atoms with van der Waals surface area (Å²) in [5.41, 5.74) is 0.993. The number of carbonyl (C=O) groups is 1. The number of imidazole rings is 1. The van der Waals surface area contributed by atoms with Gasteiger partial charge in [-0.1, -0.05) is 24.9 Å². The minimum Gasteiger partial charge on any atom is -0.379 e. The number of fused-ring (bicyclic) bond motifs is 1. The van der Waals surface area contributed by atoms with Gasteiger partial charge in [0.15, 0.2) is 5.15 Å². The van der Waals surface area contributed by atoms with E-state index >= 15 is 0 Å². The number of nitrogens with zero attached hydrogens (tertiary/aromatic N) is 4. The van der Waals surface area contributed by atoms with Gasteiger partial charge in [0, 0.05) is 64.2 Å². The summed E-state index contributed by atoms with van der Waals surface area (Å²) in [5.74, 6) is 1.28. The highest BCUT2D eigenvalue weighted by Crippen LogP contribution is 2.34. The standard InChI is InChI=1S/C20H32ClN5O2/c1-2-3-4-18-22-15(20(21)23-18)14-25-6-5-16-17(25)13-19(27)26(16)8-7-24-9-11-28-12-10-24/h16-17H,2-14H2,1H3,(H,22,23)/t16-,17-/m0/s1. The van der Waals surface area contributed by atoms with Crippen molar-refractivity contribution in [1.82, 2.24) is 24.7 Å². The normalized spacial score (nSPS) is 26.4. The first-order chi connectivity index (χ1) is 13.7. The number of aromatic amines is 1. The van der Waals surface area contributed by atoms with Gasteiger partial charge in [-0.3, -0.25) is 14.6 Å². The third-order valence-corrected chi connectivity index (χ3v) is 6.71. The highest BCUT2D eigenvalue weighted by Gasteiger charge is 2.46. The Morgan fingerprint density at radius 2 is 2.04 bits per heavy atom. The first-order valence-corrected chi connectivity index (χ1v) is 11.1. The number of unbranched alkanes of at least 4 members (excludes halogenated alkanes) is 1. The van der Waals surface area contributed by atoms with Gasteiger partial charge in [-0.15, -0.1) is 0 Å². The number of amides is 1. The Kier molecular flexibility index (Phi) is 6.55. The van der Waals surface area contributed by atoms with E-state index in [1.54, 1.807) is 0 Å². The molecule has 3 fully saturated rings. The molecule has 3 saturated heterocycles. The molecule has 1 aromatic heterocycles. The number of hydrogen-bond acceptors (Lipinski definition) is 5. The van der Waals surface area contributed by atoms with Crippen LogP contribution in [0.1, 0.15) is 44.1 Å². The van der Waals surface area contributed by atoms with Gasteiger partial charge in [-0.2, -0.15) is 0 Å². The maximum atomic E-state index is 12.7. The molecule has 1 N–H and O–H groups in total. The molecule has 3 aliphatic heterocycles. The van der Waals surface area contributed by atoms with Crippen molar-refractivity contribution in [3.63, 3.8) is 0 Å². The molecular formula is C20H32ClN5O2. The maximum absolute atomic E-state index is 12.7. The second-order valence-electron chi connectivity index (χ2n) is 8.20. The maximum Gasteiger partial charge on any atom is 0.224 e. The number of hydrogen-bond donors (Lipinski definition) is 1. The zero-order valence-corrected chi connectivity index (χ0v) is 17.6. The van der Waals surface area contributed by atoms with E-state index in [1.165, 1.54) is 0 Å². The quantitative estimate of drug-likeness (QED) is 0.710. The molecule has 0 aromatic carbocycles. The number of likely N-dealkylation sites (tertiary alicyclic amines) is 2. The number of nitrogens with one attached hydrogen (secondary N) is 1. The summed E-state index contributed by atoms with van der Waals surface area (Å²) in [4.78, 5) is 27.5. The van der Waals surface area contributed by atoms with Crippen LogP contribution in [0.3, 0.4) is 0 Å². The third-order valence-electron chi connectivity index (χ3n) is 6.40. The first kappa shape index (κ1) is 20.1. The molecule has 7 nitrogen and oxygen atoms in total. The number of ether oxygens (including phenoxy) is 1. The van der Waals surface area contributed by atoms with Crippen LogP contribution in [0, 0.1) is 0 Å². The lowest BCUT2D eigenvalue weighted by Crippen LogP contribution is -2.44. The SMILES string of the molecule is CCCCc1nc(Cl)c(CN2CC[C@H]3[C@@H]2CC(=O)N3CCN2CCOCC2)[nH]1. The Morgan fingerprint density at radius 3 is 2.82 bits per heavy atom. The van der Waals surface area contributed by atoms with Gasteiger partial charge < -0.3 is 14.6 Å². The minimum atomic E-state index is 0.298. The van der Waals surface area contributed by atoms with E-state index in [0.29, 0.717) is 29.6 Å². The fraction of sp³-hybridized carbons (Fsp3) is 0.800. The summed E-state index contributed by atoms with van der Waals surface area (Å²) in [7, 11) is 0. The van der Waals surface area contributed by atoms with E-state index in [-0.39, 0.29) is 0 Å². The fourth-order valence-electron chi connectivity index (χ4n) is 4.78. The van der Waals surface area contributed by atoms with E-state index in [2.05, 4.69) is 31.6 Å². The van der Waals surface area contributed by atoms with Crippen LogP contribution in [0.4, 0.5) is 0 Å². The van der Waals surface area contributed by atoms with Gasteiger partial charge >= 0.3 is 0 Å². The van der Waals surface area contributed by atoms with Gasteiger partial charge in [0.25, 0.3) is 0 Å². The van der Waals surface area contributed by atoms with Gasteiger partial charge in [0.2, 0.25) is 5.91 Å². The van der Waals surface area contributed by atoms with Crippen molar-refractivity contribution in [2.75, 3.05) is 45.9 Å². The molecule has 4 rings (SSSR count). The molecule has 0 saturated carbocycles. The molecule has 1 amide bonds. The topological polar surface area (TPSA) is 64.7 Å². The molecule has 0 spiro atoms. The average Bonchev–Trinajstić information content (AvgIpc) is 3.34. The summed E-state index contributed by atoms with van der Waals surface area (Å²) < 4.78 is 5.42. The van der Waals surface area contributed by atoms with Crippen molar-refractivity contribution < 1.29 is 9.53 Å². The summed E-state index contributed by atoms with van der Waals surface area (Å²) >= 11 is 6.38. The molecule has 4 heterocycles. The van der Waals surface area contributed by atoms with Gasteiger partial charge in [-0.25, -0.2) is 4.98 Å². The minimum absolute atomic E-state index is 0.298. The highest BCUT2D eigenvalue weighted by molar-refractivity contribution is 6.30. The molecular weight excluding hydrogens is 378 g/mol. The fourth-order valence-corrected chi connectivity index (χ4v) is 4.99. The predicted molar refractivity (Wildman–Crippen MR) is 108 cm³/mol. The number of aromatic nitrogens is 2. The van der Waals surface area contributed by atoms with Crippen LogP contribution in [0.2, 0.25) is 5.15 Å². The zero-order chi connectivity index (χ0) is 19.5. The number of carbonyl (C=O) groups excluding carboxylic acids is 1. The van der Waals surface area contributed by atoms with E-state index in [1.807, 2.05) is 0 Å². The van der Waals surface area contributed by atoms with Gasteiger partial charge in [-0.05, 0) is 12.8 Å². The third kappa shape index (κ3) is 4.37. The van der Waals surface area contributed by atoms with E-state index in [4.69, 9.17) is 16.3 Å². The molecule has 0 aliphatic carbocycles. The summed E-state index contributed by atoms with van der Waals surface area (Å²) in [5, 5.41) is 0.586. The van der Waals surface area contributed by atoms with E-state index in [0.717, 1.165) is 89.7 Å². The molecule has 1 aromatic rings. The molecule has 3 aliphatic rings. The largest absolute Gasteiger partial charge is 0.379 e. The summed E-state index contributed by atoms with van der Waals surface area (Å²) in [6, 6.07) is 0.644. The van der Waals surface area contributed by atoms with Gasteiger partial charge in [0.05, 0.1) is 18.9 Å². The number of morpholine rings is 1. The van der Waals surface area contributed by atoms with Crippen LogP contribution in [0.15, 0.2) is 0 Å².